The van der Waals surface area contributed by atoms with Gasteiger partial charge in [0.05, 0.1) is 19.6 Å². The number of alkyl halides is 1. The van der Waals surface area contributed by atoms with E-state index in [1.165, 1.54) is 26.4 Å². The first kappa shape index (κ1) is 21.5. The molecule has 0 spiro atoms. The van der Waals surface area contributed by atoms with Gasteiger partial charge >= 0.3 is 11.9 Å². The van der Waals surface area contributed by atoms with Crippen LogP contribution in [0.5, 0.6) is 11.5 Å². The van der Waals surface area contributed by atoms with Crippen LogP contribution in [0, 0.1) is 0 Å². The molecule has 4 rings (SSSR count). The van der Waals surface area contributed by atoms with Crippen molar-refractivity contribution < 1.29 is 29.3 Å². The monoisotopic (exact) mass is 450 g/mol. The summed E-state index contributed by atoms with van der Waals surface area (Å²) in [6.45, 7) is 0. The normalized spacial score (nSPS) is 11.1. The topological polar surface area (TPSA) is 93.1 Å². The molecule has 0 saturated heterocycles. The minimum absolute atomic E-state index is 0.0375. The van der Waals surface area contributed by atoms with E-state index in [9.17, 15) is 19.8 Å². The first-order valence-corrected chi connectivity index (χ1v) is 10.1. The zero-order valence-corrected chi connectivity index (χ0v) is 18.0. The second-order valence-corrected chi connectivity index (χ2v) is 7.59. The molecule has 32 heavy (non-hydrogen) atoms. The van der Waals surface area contributed by atoms with Gasteiger partial charge in [0.2, 0.25) is 0 Å². The van der Waals surface area contributed by atoms with Crippen LogP contribution in [0.1, 0.15) is 37.2 Å². The second-order valence-electron chi connectivity index (χ2n) is 7.16. The Bertz CT molecular complexity index is 1270. The average Bonchev–Trinajstić information content (AvgIpc) is 2.80. The maximum atomic E-state index is 12.0. The summed E-state index contributed by atoms with van der Waals surface area (Å²) in [6.07, 6.45) is 0. The van der Waals surface area contributed by atoms with E-state index in [1.807, 2.05) is 24.3 Å². The van der Waals surface area contributed by atoms with Gasteiger partial charge in [0.1, 0.15) is 22.6 Å². The fourth-order valence-electron chi connectivity index (χ4n) is 4.12. The number of benzene rings is 4. The van der Waals surface area contributed by atoms with Crippen molar-refractivity contribution in [3.8, 4) is 11.5 Å². The highest BCUT2D eigenvalue weighted by atomic mass is 35.5. The molecule has 7 heteroatoms. The van der Waals surface area contributed by atoms with E-state index in [1.54, 1.807) is 24.3 Å². The van der Waals surface area contributed by atoms with E-state index >= 15 is 0 Å². The van der Waals surface area contributed by atoms with Crippen LogP contribution in [0.15, 0.2) is 60.7 Å². The number of fused-ring (bicyclic) bond motifs is 2. The Morgan fingerprint density at radius 2 is 1.12 bits per heavy atom. The quantitative estimate of drug-likeness (QED) is 0.364. The zero-order valence-electron chi connectivity index (χ0n) is 17.3. The summed E-state index contributed by atoms with van der Waals surface area (Å²) >= 11 is 7.06. The first-order valence-electron chi connectivity index (χ1n) is 9.69. The lowest BCUT2D eigenvalue weighted by molar-refractivity contribution is 0.0682. The molecule has 0 saturated carbocycles. The molecule has 0 heterocycles. The minimum Gasteiger partial charge on any atom is -0.495 e. The molecular formula is C25H19ClO6. The first-order chi connectivity index (χ1) is 15.4. The van der Waals surface area contributed by atoms with Crippen LogP contribution in [0.3, 0.4) is 0 Å². The van der Waals surface area contributed by atoms with Crippen molar-refractivity contribution in [3.05, 3.63) is 82.9 Å². The predicted molar refractivity (Wildman–Crippen MR) is 123 cm³/mol. The van der Waals surface area contributed by atoms with Crippen LogP contribution in [-0.2, 0) is 0 Å². The summed E-state index contributed by atoms with van der Waals surface area (Å²) in [4.78, 5) is 24.0. The summed E-state index contributed by atoms with van der Waals surface area (Å²) in [5.41, 5.74) is 0.778. The molecule has 162 valence electrons. The minimum atomic E-state index is -1.16. The third-order valence-corrected chi connectivity index (χ3v) is 5.89. The molecule has 0 bridgehead atoms. The number of hydrogen-bond acceptors (Lipinski definition) is 4. The lowest BCUT2D eigenvalue weighted by Crippen LogP contribution is -2.10. The van der Waals surface area contributed by atoms with Crippen LogP contribution in [0.4, 0.5) is 0 Å². The maximum Gasteiger partial charge on any atom is 0.339 e. The van der Waals surface area contributed by atoms with Gasteiger partial charge in [-0.2, -0.15) is 0 Å². The lowest BCUT2D eigenvalue weighted by atomic mass is 9.90. The molecule has 6 nitrogen and oxygen atoms in total. The molecule has 4 aromatic rings. The Morgan fingerprint density at radius 3 is 1.47 bits per heavy atom. The van der Waals surface area contributed by atoms with Gasteiger partial charge in [-0.3, -0.25) is 0 Å². The number of halogens is 1. The van der Waals surface area contributed by atoms with Gasteiger partial charge in [-0.15, -0.1) is 11.6 Å². The largest absolute Gasteiger partial charge is 0.495 e. The highest BCUT2D eigenvalue weighted by Crippen LogP contribution is 2.48. The van der Waals surface area contributed by atoms with Crippen LogP contribution < -0.4 is 9.47 Å². The van der Waals surface area contributed by atoms with Gasteiger partial charge < -0.3 is 19.7 Å². The molecule has 4 aromatic carbocycles. The van der Waals surface area contributed by atoms with E-state index in [2.05, 4.69) is 0 Å². The SMILES string of the molecule is COc1c(C(=O)O)cc2ccccc2c1C(Cl)c1c(OC)c(C(=O)O)cc2ccccc12. The molecule has 0 aliphatic rings. The Hall–Kier alpha value is -3.77. The van der Waals surface area contributed by atoms with Crippen LogP contribution in [-0.4, -0.2) is 36.4 Å². The standard InChI is InChI=1S/C25H19ClO6/c1-31-22-17(24(27)28)11-13-7-3-5-9-15(13)19(22)21(26)20-16-10-6-4-8-14(16)12-18(25(29)30)23(20)32-2/h3-12,21H,1-2H3,(H,27,28)(H,29,30). The van der Waals surface area contributed by atoms with Crippen LogP contribution >= 0.6 is 11.6 Å². The summed E-state index contributed by atoms with van der Waals surface area (Å²) < 4.78 is 11.1. The fraction of sp³-hybridized carbons (Fsp3) is 0.120. The van der Waals surface area contributed by atoms with Crippen molar-refractivity contribution in [2.45, 2.75) is 5.38 Å². The molecule has 0 aliphatic heterocycles. The number of aromatic carboxylic acids is 2. The summed E-state index contributed by atoms with van der Waals surface area (Å²) in [6, 6.07) is 17.5. The van der Waals surface area contributed by atoms with Crippen molar-refractivity contribution in [3.63, 3.8) is 0 Å². The third kappa shape index (κ3) is 3.39. The van der Waals surface area contributed by atoms with Gasteiger partial charge in [0.25, 0.3) is 0 Å². The number of rotatable bonds is 6. The van der Waals surface area contributed by atoms with E-state index in [4.69, 9.17) is 21.1 Å². The van der Waals surface area contributed by atoms with Crippen LogP contribution in [0.25, 0.3) is 21.5 Å². The second kappa shape index (κ2) is 8.40. The molecule has 0 aliphatic carbocycles. The van der Waals surface area contributed by atoms with E-state index in [0.29, 0.717) is 32.7 Å². The summed E-state index contributed by atoms with van der Waals surface area (Å²) in [7, 11) is 2.76. The van der Waals surface area contributed by atoms with Crippen molar-refractivity contribution in [1.82, 2.24) is 0 Å². The van der Waals surface area contributed by atoms with Crippen molar-refractivity contribution >= 4 is 45.1 Å². The molecule has 0 radical (unpaired) electrons. The van der Waals surface area contributed by atoms with E-state index in [0.717, 1.165) is 0 Å². The van der Waals surface area contributed by atoms with Crippen molar-refractivity contribution in [2.75, 3.05) is 14.2 Å². The Balaban J connectivity index is 2.16. The smallest absolute Gasteiger partial charge is 0.339 e. The molecule has 0 unspecified atom stereocenters. The van der Waals surface area contributed by atoms with Gasteiger partial charge in [-0.25, -0.2) is 9.59 Å². The highest BCUT2D eigenvalue weighted by molar-refractivity contribution is 6.26. The van der Waals surface area contributed by atoms with Crippen molar-refractivity contribution in [2.24, 2.45) is 0 Å². The summed E-state index contributed by atoms with van der Waals surface area (Å²) in [5.74, 6) is -2.09. The number of ether oxygens (including phenoxy) is 2. The van der Waals surface area contributed by atoms with Gasteiger partial charge in [-0.05, 0) is 33.7 Å². The number of methoxy groups -OCH3 is 2. The molecule has 0 aromatic heterocycles. The van der Waals surface area contributed by atoms with E-state index < -0.39 is 17.3 Å². The summed E-state index contributed by atoms with van der Waals surface area (Å²) in [5, 5.41) is 21.4. The number of carboxylic acids is 2. The molecule has 0 fully saturated rings. The van der Waals surface area contributed by atoms with E-state index in [-0.39, 0.29) is 22.6 Å². The van der Waals surface area contributed by atoms with Gasteiger partial charge in [-0.1, -0.05) is 48.5 Å². The number of carbonyl (C=O) groups is 2. The predicted octanol–water partition coefficient (Wildman–Crippen LogP) is 5.73. The molecule has 0 amide bonds. The van der Waals surface area contributed by atoms with Crippen molar-refractivity contribution in [1.29, 1.82) is 0 Å². The Labute approximate surface area is 188 Å². The molecular weight excluding hydrogens is 432 g/mol. The van der Waals surface area contributed by atoms with Gasteiger partial charge in [0, 0.05) is 11.1 Å². The highest BCUT2D eigenvalue weighted by Gasteiger charge is 2.30. The Morgan fingerprint density at radius 1 is 0.750 bits per heavy atom. The molecule has 0 atom stereocenters. The van der Waals surface area contributed by atoms with Crippen LogP contribution in [0.2, 0.25) is 0 Å². The number of hydrogen-bond donors (Lipinski definition) is 2. The average molecular weight is 451 g/mol. The van der Waals surface area contributed by atoms with Gasteiger partial charge in [0.15, 0.2) is 0 Å². The Kier molecular flexibility index (Phi) is 5.63. The third-order valence-electron chi connectivity index (χ3n) is 5.46. The zero-order chi connectivity index (χ0) is 23.0. The molecule has 2 N–H and O–H groups in total. The maximum absolute atomic E-state index is 12.0. The fourth-order valence-corrected chi connectivity index (χ4v) is 4.55. The number of carboxylic acid groups (broad SMARTS) is 2. The lowest BCUT2D eigenvalue weighted by Gasteiger charge is -2.23.